The molecule has 3 rings (SSSR count). The molecule has 2 aromatic carbocycles. The average molecular weight is 310 g/mol. The second-order valence-electron chi connectivity index (χ2n) is 5.18. The molecule has 0 saturated carbocycles. The van der Waals surface area contributed by atoms with Crippen molar-refractivity contribution in [2.24, 2.45) is 0 Å². The van der Waals surface area contributed by atoms with Gasteiger partial charge in [0.05, 0.1) is 11.4 Å². The van der Waals surface area contributed by atoms with Crippen LogP contribution in [-0.2, 0) is 11.2 Å². The normalized spacial score (nSPS) is 10.7. The number of para-hydroxylation sites is 1. The number of aryl methyl sites for hydroxylation is 1. The molecule has 116 valence electrons. The van der Waals surface area contributed by atoms with Gasteiger partial charge in [0.25, 0.3) is 0 Å². The first-order chi connectivity index (χ1) is 11.1. The number of nitrogens with zero attached hydrogens (tertiary/aromatic N) is 2. The van der Waals surface area contributed by atoms with Gasteiger partial charge in [-0.05, 0) is 48.4 Å². The smallest absolute Gasteiger partial charge is 0.303 e. The lowest BCUT2D eigenvalue weighted by Gasteiger charge is -2.01. The van der Waals surface area contributed by atoms with Crippen LogP contribution in [0.5, 0.6) is 0 Å². The Morgan fingerprint density at radius 3 is 2.43 bits per heavy atom. The van der Waals surface area contributed by atoms with E-state index in [0.29, 0.717) is 12.1 Å². The SMILES string of the molecule is O=C(O)CCc1cn(-c2ccccc2)nc1-c1ccc(F)cc1. The van der Waals surface area contributed by atoms with Gasteiger partial charge in [-0.25, -0.2) is 9.07 Å². The lowest BCUT2D eigenvalue weighted by Crippen LogP contribution is -1.97. The summed E-state index contributed by atoms with van der Waals surface area (Å²) in [5, 5.41) is 13.5. The molecular formula is C18H15FN2O2. The molecule has 1 heterocycles. The van der Waals surface area contributed by atoms with E-state index in [9.17, 15) is 9.18 Å². The Kier molecular flexibility index (Phi) is 4.19. The van der Waals surface area contributed by atoms with E-state index in [0.717, 1.165) is 16.8 Å². The fourth-order valence-corrected chi connectivity index (χ4v) is 2.40. The van der Waals surface area contributed by atoms with E-state index in [1.807, 2.05) is 36.5 Å². The van der Waals surface area contributed by atoms with Crippen LogP contribution >= 0.6 is 0 Å². The molecule has 0 fully saturated rings. The Morgan fingerprint density at radius 2 is 1.78 bits per heavy atom. The number of carbonyl (C=O) groups is 1. The van der Waals surface area contributed by atoms with Gasteiger partial charge in [-0.1, -0.05) is 18.2 Å². The molecule has 5 heteroatoms. The van der Waals surface area contributed by atoms with Crippen molar-refractivity contribution >= 4 is 5.97 Å². The molecule has 0 spiro atoms. The lowest BCUT2D eigenvalue weighted by atomic mass is 10.0. The topological polar surface area (TPSA) is 55.1 Å². The van der Waals surface area contributed by atoms with Crippen LogP contribution < -0.4 is 0 Å². The third-order valence-electron chi connectivity index (χ3n) is 3.54. The van der Waals surface area contributed by atoms with Gasteiger partial charge < -0.3 is 5.11 Å². The van der Waals surface area contributed by atoms with Crippen molar-refractivity contribution in [3.8, 4) is 16.9 Å². The number of rotatable bonds is 5. The first kappa shape index (κ1) is 15.0. The molecule has 0 unspecified atom stereocenters. The number of carboxylic acid groups (broad SMARTS) is 1. The zero-order valence-corrected chi connectivity index (χ0v) is 12.3. The van der Waals surface area contributed by atoms with Gasteiger partial charge >= 0.3 is 5.97 Å². The van der Waals surface area contributed by atoms with Crippen LogP contribution in [0.15, 0.2) is 60.8 Å². The summed E-state index contributed by atoms with van der Waals surface area (Å²) in [5.41, 5.74) is 3.15. The minimum absolute atomic E-state index is 0.0225. The summed E-state index contributed by atoms with van der Waals surface area (Å²) in [5.74, 6) is -1.18. The first-order valence-corrected chi connectivity index (χ1v) is 7.25. The van der Waals surface area contributed by atoms with Gasteiger partial charge in [0.2, 0.25) is 0 Å². The number of carboxylic acids is 1. The highest BCUT2D eigenvalue weighted by molar-refractivity contribution is 5.69. The van der Waals surface area contributed by atoms with E-state index in [-0.39, 0.29) is 12.2 Å². The van der Waals surface area contributed by atoms with Crippen LogP contribution in [0.3, 0.4) is 0 Å². The van der Waals surface area contributed by atoms with E-state index in [4.69, 9.17) is 5.11 Å². The molecule has 0 aliphatic rings. The molecule has 0 aliphatic heterocycles. The zero-order chi connectivity index (χ0) is 16.2. The maximum Gasteiger partial charge on any atom is 0.303 e. The van der Waals surface area contributed by atoms with E-state index < -0.39 is 5.97 Å². The summed E-state index contributed by atoms with van der Waals surface area (Å²) in [4.78, 5) is 10.9. The number of aromatic nitrogens is 2. The molecule has 23 heavy (non-hydrogen) atoms. The molecule has 0 radical (unpaired) electrons. The molecule has 1 aromatic heterocycles. The van der Waals surface area contributed by atoms with Crippen molar-refractivity contribution in [3.63, 3.8) is 0 Å². The second-order valence-corrected chi connectivity index (χ2v) is 5.18. The molecule has 0 aliphatic carbocycles. The minimum atomic E-state index is -0.859. The highest BCUT2D eigenvalue weighted by Crippen LogP contribution is 2.25. The van der Waals surface area contributed by atoms with Crippen molar-refractivity contribution in [1.82, 2.24) is 9.78 Å². The number of hydrogen-bond acceptors (Lipinski definition) is 2. The van der Waals surface area contributed by atoms with Crippen molar-refractivity contribution in [2.75, 3.05) is 0 Å². The molecule has 0 bridgehead atoms. The van der Waals surface area contributed by atoms with Gasteiger partial charge in [-0.15, -0.1) is 0 Å². The van der Waals surface area contributed by atoms with Crippen LogP contribution in [0.1, 0.15) is 12.0 Å². The molecule has 0 atom stereocenters. The Bertz CT molecular complexity index is 811. The van der Waals surface area contributed by atoms with Crippen LogP contribution in [0, 0.1) is 5.82 Å². The van der Waals surface area contributed by atoms with Crippen molar-refractivity contribution < 1.29 is 14.3 Å². The predicted octanol–water partition coefficient (Wildman–Crippen LogP) is 3.70. The monoisotopic (exact) mass is 310 g/mol. The number of hydrogen-bond donors (Lipinski definition) is 1. The molecule has 4 nitrogen and oxygen atoms in total. The quantitative estimate of drug-likeness (QED) is 0.782. The number of benzene rings is 2. The van der Waals surface area contributed by atoms with E-state index >= 15 is 0 Å². The highest BCUT2D eigenvalue weighted by atomic mass is 19.1. The fourth-order valence-electron chi connectivity index (χ4n) is 2.40. The third kappa shape index (κ3) is 3.45. The van der Waals surface area contributed by atoms with Crippen molar-refractivity contribution in [3.05, 3.63) is 72.2 Å². The zero-order valence-electron chi connectivity index (χ0n) is 12.3. The van der Waals surface area contributed by atoms with Gasteiger partial charge in [-0.2, -0.15) is 5.10 Å². The molecule has 3 aromatic rings. The summed E-state index contributed by atoms with van der Waals surface area (Å²) < 4.78 is 14.8. The highest BCUT2D eigenvalue weighted by Gasteiger charge is 2.13. The largest absolute Gasteiger partial charge is 0.481 e. The lowest BCUT2D eigenvalue weighted by molar-refractivity contribution is -0.136. The Hall–Kier alpha value is -2.95. The van der Waals surface area contributed by atoms with E-state index in [2.05, 4.69) is 5.10 Å². The maximum atomic E-state index is 13.1. The molecule has 0 saturated heterocycles. The first-order valence-electron chi connectivity index (χ1n) is 7.25. The Balaban J connectivity index is 2.03. The average Bonchev–Trinajstić information content (AvgIpc) is 2.99. The molecule has 0 amide bonds. The van der Waals surface area contributed by atoms with Gasteiger partial charge in [-0.3, -0.25) is 4.79 Å². The molecular weight excluding hydrogens is 295 g/mol. The van der Waals surface area contributed by atoms with E-state index in [1.165, 1.54) is 12.1 Å². The van der Waals surface area contributed by atoms with Crippen molar-refractivity contribution in [1.29, 1.82) is 0 Å². The Labute approximate surface area is 132 Å². The summed E-state index contributed by atoms with van der Waals surface area (Å²) >= 11 is 0. The molecule has 1 N–H and O–H groups in total. The Morgan fingerprint density at radius 1 is 1.09 bits per heavy atom. The summed E-state index contributed by atoms with van der Waals surface area (Å²) in [6.45, 7) is 0. The minimum Gasteiger partial charge on any atom is -0.481 e. The fraction of sp³-hybridized carbons (Fsp3) is 0.111. The van der Waals surface area contributed by atoms with Gasteiger partial charge in [0.15, 0.2) is 0 Å². The van der Waals surface area contributed by atoms with E-state index in [1.54, 1.807) is 16.8 Å². The van der Waals surface area contributed by atoms with Gasteiger partial charge in [0.1, 0.15) is 5.82 Å². The third-order valence-corrected chi connectivity index (χ3v) is 3.54. The van der Waals surface area contributed by atoms with Gasteiger partial charge in [0, 0.05) is 18.2 Å². The predicted molar refractivity (Wildman–Crippen MR) is 84.9 cm³/mol. The summed E-state index contributed by atoms with van der Waals surface area (Å²) in [7, 11) is 0. The second kappa shape index (κ2) is 6.44. The summed E-state index contributed by atoms with van der Waals surface area (Å²) in [6.07, 6.45) is 2.22. The van der Waals surface area contributed by atoms with Crippen LogP contribution in [-0.4, -0.2) is 20.9 Å². The number of halogens is 1. The standard InChI is InChI=1S/C18H15FN2O2/c19-15-9-6-13(7-10-15)18-14(8-11-17(22)23)12-21(20-18)16-4-2-1-3-5-16/h1-7,9-10,12H,8,11H2,(H,22,23). The summed E-state index contributed by atoms with van der Waals surface area (Å²) in [6, 6.07) is 15.6. The number of aliphatic carboxylic acids is 1. The van der Waals surface area contributed by atoms with Crippen LogP contribution in [0.25, 0.3) is 16.9 Å². The van der Waals surface area contributed by atoms with Crippen LogP contribution in [0.4, 0.5) is 4.39 Å². The van der Waals surface area contributed by atoms with Crippen molar-refractivity contribution in [2.45, 2.75) is 12.8 Å². The van der Waals surface area contributed by atoms with Crippen LogP contribution in [0.2, 0.25) is 0 Å². The maximum absolute atomic E-state index is 13.1.